The Balaban J connectivity index is 1.63. The molecular weight excluding hydrogens is 230 g/mol. The van der Waals surface area contributed by atoms with Crippen molar-refractivity contribution in [2.45, 2.75) is 19.3 Å². The molecule has 92 valence electrons. The van der Waals surface area contributed by atoms with Gasteiger partial charge >= 0.3 is 0 Å². The second-order valence-electron chi connectivity index (χ2n) is 4.85. The summed E-state index contributed by atoms with van der Waals surface area (Å²) < 4.78 is 6.04. The van der Waals surface area contributed by atoms with Gasteiger partial charge in [0, 0.05) is 23.7 Å². The molecule has 0 aromatic heterocycles. The third-order valence-electron chi connectivity index (χ3n) is 3.55. The smallest absolute Gasteiger partial charge is 0.124 e. The van der Waals surface area contributed by atoms with E-state index in [1.165, 1.54) is 35.6 Å². The molecule has 3 heteroatoms. The average Bonchev–Trinajstić information content (AvgIpc) is 2.86. The Bertz CT molecular complexity index is 388. The van der Waals surface area contributed by atoms with E-state index < -0.39 is 0 Å². The molecule has 3 rings (SSSR count). The lowest BCUT2D eigenvalue weighted by Gasteiger charge is -2.22. The SMILES string of the molecule is c1cc2c(c(OCC3CCCSC3)c1)CCN2. The predicted molar refractivity (Wildman–Crippen MR) is 74.2 cm³/mol. The molecule has 1 fully saturated rings. The summed E-state index contributed by atoms with van der Waals surface area (Å²) in [7, 11) is 0. The van der Waals surface area contributed by atoms with Gasteiger partial charge in [-0.25, -0.2) is 0 Å². The molecule has 2 heterocycles. The van der Waals surface area contributed by atoms with Crippen molar-refractivity contribution in [3.63, 3.8) is 0 Å². The van der Waals surface area contributed by atoms with Crippen LogP contribution in [0.25, 0.3) is 0 Å². The molecule has 0 radical (unpaired) electrons. The molecular formula is C14H19NOS. The van der Waals surface area contributed by atoms with Crippen molar-refractivity contribution < 1.29 is 4.74 Å². The minimum absolute atomic E-state index is 0.749. The number of benzene rings is 1. The third kappa shape index (κ3) is 2.54. The van der Waals surface area contributed by atoms with Gasteiger partial charge < -0.3 is 10.1 Å². The topological polar surface area (TPSA) is 21.3 Å². The van der Waals surface area contributed by atoms with Gasteiger partial charge in [-0.05, 0) is 42.9 Å². The van der Waals surface area contributed by atoms with E-state index in [4.69, 9.17) is 4.74 Å². The van der Waals surface area contributed by atoms with Crippen molar-refractivity contribution in [1.82, 2.24) is 0 Å². The average molecular weight is 249 g/mol. The van der Waals surface area contributed by atoms with E-state index in [0.717, 1.165) is 31.2 Å². The Kier molecular flexibility index (Phi) is 3.46. The second kappa shape index (κ2) is 5.21. The summed E-state index contributed by atoms with van der Waals surface area (Å²) in [5.41, 5.74) is 2.64. The van der Waals surface area contributed by atoms with E-state index in [-0.39, 0.29) is 0 Å². The molecule has 1 aromatic carbocycles. The van der Waals surface area contributed by atoms with Crippen LogP contribution in [-0.2, 0) is 6.42 Å². The zero-order chi connectivity index (χ0) is 11.5. The first-order valence-electron chi connectivity index (χ1n) is 6.50. The maximum atomic E-state index is 6.04. The van der Waals surface area contributed by atoms with Crippen LogP contribution >= 0.6 is 11.8 Å². The van der Waals surface area contributed by atoms with E-state index >= 15 is 0 Å². The lowest BCUT2D eigenvalue weighted by molar-refractivity contribution is 0.251. The monoisotopic (exact) mass is 249 g/mol. The highest BCUT2D eigenvalue weighted by molar-refractivity contribution is 7.99. The summed E-state index contributed by atoms with van der Waals surface area (Å²) in [4.78, 5) is 0. The van der Waals surface area contributed by atoms with Gasteiger partial charge in [-0.2, -0.15) is 11.8 Å². The van der Waals surface area contributed by atoms with Gasteiger partial charge in [-0.15, -0.1) is 0 Å². The highest BCUT2D eigenvalue weighted by atomic mass is 32.2. The van der Waals surface area contributed by atoms with Gasteiger partial charge in [-0.3, -0.25) is 0 Å². The van der Waals surface area contributed by atoms with E-state index in [1.807, 2.05) is 0 Å². The number of hydrogen-bond acceptors (Lipinski definition) is 3. The maximum Gasteiger partial charge on any atom is 0.124 e. The van der Waals surface area contributed by atoms with Gasteiger partial charge in [0.15, 0.2) is 0 Å². The van der Waals surface area contributed by atoms with Crippen molar-refractivity contribution in [3.05, 3.63) is 23.8 Å². The molecule has 0 aliphatic carbocycles. The van der Waals surface area contributed by atoms with E-state index in [9.17, 15) is 0 Å². The lowest BCUT2D eigenvalue weighted by atomic mass is 10.1. The first-order chi connectivity index (χ1) is 8.43. The van der Waals surface area contributed by atoms with Crippen LogP contribution in [-0.4, -0.2) is 24.7 Å². The van der Waals surface area contributed by atoms with Crippen LogP contribution < -0.4 is 10.1 Å². The number of thioether (sulfide) groups is 1. The maximum absolute atomic E-state index is 6.04. The number of ether oxygens (including phenoxy) is 1. The summed E-state index contributed by atoms with van der Waals surface area (Å²) in [6.45, 7) is 1.94. The quantitative estimate of drug-likeness (QED) is 0.889. The molecule has 0 amide bonds. The largest absolute Gasteiger partial charge is 0.493 e. The lowest BCUT2D eigenvalue weighted by Crippen LogP contribution is -2.18. The predicted octanol–water partition coefficient (Wildman–Crippen LogP) is 3.18. The Hall–Kier alpha value is -0.830. The van der Waals surface area contributed by atoms with Gasteiger partial charge in [0.1, 0.15) is 5.75 Å². The van der Waals surface area contributed by atoms with E-state index in [1.54, 1.807) is 0 Å². The van der Waals surface area contributed by atoms with Crippen LogP contribution in [0.2, 0.25) is 0 Å². The summed E-state index contributed by atoms with van der Waals surface area (Å²) in [6.07, 6.45) is 3.79. The molecule has 1 atom stereocenters. The van der Waals surface area contributed by atoms with Gasteiger partial charge in [0.2, 0.25) is 0 Å². The molecule has 0 bridgehead atoms. The number of hydrogen-bond donors (Lipinski definition) is 1. The molecule has 1 N–H and O–H groups in total. The molecule has 1 unspecified atom stereocenters. The van der Waals surface area contributed by atoms with Crippen molar-refractivity contribution in [3.8, 4) is 5.75 Å². The molecule has 2 aliphatic heterocycles. The van der Waals surface area contributed by atoms with Crippen molar-refractivity contribution in [2.75, 3.05) is 30.0 Å². The summed E-state index contributed by atoms with van der Waals surface area (Å²) in [5, 5.41) is 3.39. The summed E-state index contributed by atoms with van der Waals surface area (Å²) >= 11 is 2.07. The van der Waals surface area contributed by atoms with Crippen LogP contribution in [0.5, 0.6) is 5.75 Å². The Morgan fingerprint density at radius 2 is 2.41 bits per heavy atom. The molecule has 0 saturated carbocycles. The van der Waals surface area contributed by atoms with Crippen LogP contribution in [0, 0.1) is 5.92 Å². The normalized spacial score (nSPS) is 22.9. The van der Waals surface area contributed by atoms with E-state index in [2.05, 4.69) is 35.3 Å². The van der Waals surface area contributed by atoms with Gasteiger partial charge in [0.05, 0.1) is 6.61 Å². The molecule has 1 saturated heterocycles. The van der Waals surface area contributed by atoms with Crippen LogP contribution in [0.4, 0.5) is 5.69 Å². The standard InChI is InChI=1S/C14H19NOS/c1-4-13-12(6-7-15-13)14(5-1)16-9-11-3-2-8-17-10-11/h1,4-5,11,15H,2-3,6-10H2. The molecule has 2 aliphatic rings. The van der Waals surface area contributed by atoms with Gasteiger partial charge in [-0.1, -0.05) is 6.07 Å². The fourth-order valence-electron chi connectivity index (χ4n) is 2.59. The Morgan fingerprint density at radius 3 is 3.29 bits per heavy atom. The second-order valence-corrected chi connectivity index (χ2v) is 6.00. The molecule has 0 spiro atoms. The first-order valence-corrected chi connectivity index (χ1v) is 7.65. The van der Waals surface area contributed by atoms with E-state index in [0.29, 0.717) is 0 Å². The Morgan fingerprint density at radius 1 is 1.41 bits per heavy atom. The van der Waals surface area contributed by atoms with Crippen LogP contribution in [0.3, 0.4) is 0 Å². The first kappa shape index (κ1) is 11.3. The number of fused-ring (bicyclic) bond motifs is 1. The zero-order valence-electron chi connectivity index (χ0n) is 10.1. The molecule has 1 aromatic rings. The Labute approximate surface area is 107 Å². The molecule has 17 heavy (non-hydrogen) atoms. The van der Waals surface area contributed by atoms with Crippen LogP contribution in [0.1, 0.15) is 18.4 Å². The number of rotatable bonds is 3. The molecule has 2 nitrogen and oxygen atoms in total. The summed E-state index contributed by atoms with van der Waals surface area (Å²) in [5.74, 6) is 4.45. The van der Waals surface area contributed by atoms with Crippen molar-refractivity contribution >= 4 is 17.4 Å². The minimum atomic E-state index is 0.749. The number of anilines is 1. The van der Waals surface area contributed by atoms with Crippen molar-refractivity contribution in [2.24, 2.45) is 5.92 Å². The fraction of sp³-hybridized carbons (Fsp3) is 0.571. The van der Waals surface area contributed by atoms with Gasteiger partial charge in [0.25, 0.3) is 0 Å². The number of nitrogens with one attached hydrogen (secondary N) is 1. The highest BCUT2D eigenvalue weighted by Crippen LogP contribution is 2.32. The van der Waals surface area contributed by atoms with Crippen LogP contribution in [0.15, 0.2) is 18.2 Å². The fourth-order valence-corrected chi connectivity index (χ4v) is 3.73. The third-order valence-corrected chi connectivity index (χ3v) is 4.84. The highest BCUT2D eigenvalue weighted by Gasteiger charge is 2.18. The summed E-state index contributed by atoms with van der Waals surface area (Å²) in [6, 6.07) is 6.34. The minimum Gasteiger partial charge on any atom is -0.493 e. The zero-order valence-corrected chi connectivity index (χ0v) is 10.9. The van der Waals surface area contributed by atoms with Crippen molar-refractivity contribution in [1.29, 1.82) is 0 Å².